The van der Waals surface area contributed by atoms with Crippen molar-refractivity contribution in [2.45, 2.75) is 19.0 Å². The second kappa shape index (κ2) is 6.46. The number of hydrogen-bond donors (Lipinski definition) is 1. The SMILES string of the molecule is CCNC(c1ccccc1F)C1CN(C)CCN1C. The van der Waals surface area contributed by atoms with Gasteiger partial charge >= 0.3 is 0 Å². The van der Waals surface area contributed by atoms with Crippen LogP contribution in [0.2, 0.25) is 0 Å². The first-order valence-corrected chi connectivity index (χ1v) is 7.00. The van der Waals surface area contributed by atoms with Crippen molar-refractivity contribution >= 4 is 0 Å². The molecule has 0 aliphatic carbocycles. The Bertz CT molecular complexity index is 410. The molecule has 1 saturated heterocycles. The lowest BCUT2D eigenvalue weighted by Crippen LogP contribution is -2.55. The Labute approximate surface area is 115 Å². The van der Waals surface area contributed by atoms with E-state index >= 15 is 0 Å². The van der Waals surface area contributed by atoms with Gasteiger partial charge in [0.2, 0.25) is 0 Å². The zero-order valence-corrected chi connectivity index (χ0v) is 12.1. The molecule has 1 aliphatic rings. The van der Waals surface area contributed by atoms with Gasteiger partial charge in [0.25, 0.3) is 0 Å². The molecule has 4 heteroatoms. The molecule has 1 aromatic carbocycles. The lowest BCUT2D eigenvalue weighted by molar-refractivity contribution is 0.0871. The van der Waals surface area contributed by atoms with Crippen LogP contribution < -0.4 is 5.32 Å². The number of benzene rings is 1. The summed E-state index contributed by atoms with van der Waals surface area (Å²) in [5.74, 6) is -0.116. The van der Waals surface area contributed by atoms with Gasteiger partial charge in [-0.1, -0.05) is 25.1 Å². The second-order valence-electron chi connectivity index (χ2n) is 5.37. The molecule has 2 rings (SSSR count). The highest BCUT2D eigenvalue weighted by Gasteiger charge is 2.31. The lowest BCUT2D eigenvalue weighted by Gasteiger charge is -2.42. The van der Waals surface area contributed by atoms with Crippen molar-refractivity contribution in [3.8, 4) is 0 Å². The molecular weight excluding hydrogens is 241 g/mol. The van der Waals surface area contributed by atoms with Crippen LogP contribution in [0.3, 0.4) is 0 Å². The van der Waals surface area contributed by atoms with Gasteiger partial charge in [-0.15, -0.1) is 0 Å². The molecule has 19 heavy (non-hydrogen) atoms. The molecule has 0 radical (unpaired) electrons. The number of likely N-dealkylation sites (N-methyl/N-ethyl adjacent to an activating group) is 3. The first-order valence-electron chi connectivity index (χ1n) is 7.00. The van der Waals surface area contributed by atoms with E-state index in [0.29, 0.717) is 6.04 Å². The molecule has 1 fully saturated rings. The fraction of sp³-hybridized carbons (Fsp3) is 0.600. The summed E-state index contributed by atoms with van der Waals surface area (Å²) in [5, 5.41) is 3.45. The van der Waals surface area contributed by atoms with Crippen LogP contribution in [-0.4, -0.2) is 56.1 Å². The predicted octanol–water partition coefficient (Wildman–Crippen LogP) is 1.72. The van der Waals surface area contributed by atoms with Crippen molar-refractivity contribution in [3.63, 3.8) is 0 Å². The number of hydrogen-bond acceptors (Lipinski definition) is 3. The van der Waals surface area contributed by atoms with Gasteiger partial charge in [0.1, 0.15) is 5.82 Å². The first-order chi connectivity index (χ1) is 9.13. The third kappa shape index (κ3) is 3.32. The Morgan fingerprint density at radius 2 is 2.05 bits per heavy atom. The Hall–Kier alpha value is -0.970. The molecule has 106 valence electrons. The van der Waals surface area contributed by atoms with Crippen molar-refractivity contribution in [1.29, 1.82) is 0 Å². The zero-order chi connectivity index (χ0) is 13.8. The van der Waals surface area contributed by atoms with E-state index in [-0.39, 0.29) is 11.9 Å². The van der Waals surface area contributed by atoms with E-state index in [1.54, 1.807) is 12.1 Å². The summed E-state index contributed by atoms with van der Waals surface area (Å²) < 4.78 is 14.1. The Kier molecular flexibility index (Phi) is 4.91. The van der Waals surface area contributed by atoms with Crippen LogP contribution in [0.4, 0.5) is 4.39 Å². The van der Waals surface area contributed by atoms with Crippen molar-refractivity contribution in [2.24, 2.45) is 0 Å². The van der Waals surface area contributed by atoms with Gasteiger partial charge in [0.15, 0.2) is 0 Å². The summed E-state index contributed by atoms with van der Waals surface area (Å²) >= 11 is 0. The molecule has 0 amide bonds. The van der Waals surface area contributed by atoms with Gasteiger partial charge in [-0.2, -0.15) is 0 Å². The summed E-state index contributed by atoms with van der Waals surface area (Å²) in [6.07, 6.45) is 0. The van der Waals surface area contributed by atoms with Crippen molar-refractivity contribution in [3.05, 3.63) is 35.6 Å². The molecule has 0 spiro atoms. The number of nitrogens with one attached hydrogen (secondary N) is 1. The predicted molar refractivity (Wildman–Crippen MR) is 76.7 cm³/mol. The van der Waals surface area contributed by atoms with E-state index in [0.717, 1.165) is 31.7 Å². The molecule has 3 nitrogen and oxygen atoms in total. The maximum Gasteiger partial charge on any atom is 0.128 e. The van der Waals surface area contributed by atoms with E-state index in [1.807, 2.05) is 12.1 Å². The van der Waals surface area contributed by atoms with Crippen molar-refractivity contribution in [2.75, 3.05) is 40.3 Å². The van der Waals surface area contributed by atoms with Crippen molar-refractivity contribution in [1.82, 2.24) is 15.1 Å². The molecule has 1 aromatic rings. The molecule has 1 N–H and O–H groups in total. The highest BCUT2D eigenvalue weighted by Crippen LogP contribution is 2.25. The van der Waals surface area contributed by atoms with Gasteiger partial charge in [-0.3, -0.25) is 4.90 Å². The molecule has 0 bridgehead atoms. The van der Waals surface area contributed by atoms with Crippen LogP contribution in [-0.2, 0) is 0 Å². The highest BCUT2D eigenvalue weighted by molar-refractivity contribution is 5.23. The minimum Gasteiger partial charge on any atom is -0.309 e. The molecule has 0 saturated carbocycles. The fourth-order valence-electron chi connectivity index (χ4n) is 2.80. The average Bonchev–Trinajstić information content (AvgIpc) is 2.40. The second-order valence-corrected chi connectivity index (χ2v) is 5.37. The summed E-state index contributed by atoms with van der Waals surface area (Å²) in [6, 6.07) is 7.44. The number of nitrogens with zero attached hydrogens (tertiary/aromatic N) is 2. The fourth-order valence-corrected chi connectivity index (χ4v) is 2.80. The van der Waals surface area contributed by atoms with Crippen LogP contribution in [0, 0.1) is 5.82 Å². The Balaban J connectivity index is 2.26. The van der Waals surface area contributed by atoms with E-state index in [1.165, 1.54) is 0 Å². The lowest BCUT2D eigenvalue weighted by atomic mass is 9.95. The normalized spacial score (nSPS) is 23.5. The van der Waals surface area contributed by atoms with Gasteiger partial charge in [-0.05, 0) is 26.7 Å². The van der Waals surface area contributed by atoms with Crippen LogP contribution in [0.15, 0.2) is 24.3 Å². The van der Waals surface area contributed by atoms with Gasteiger partial charge < -0.3 is 10.2 Å². The van der Waals surface area contributed by atoms with Gasteiger partial charge in [-0.25, -0.2) is 4.39 Å². The van der Waals surface area contributed by atoms with Crippen LogP contribution in [0.1, 0.15) is 18.5 Å². The Morgan fingerprint density at radius 3 is 2.74 bits per heavy atom. The van der Waals surface area contributed by atoms with E-state index in [9.17, 15) is 4.39 Å². The highest BCUT2D eigenvalue weighted by atomic mass is 19.1. The van der Waals surface area contributed by atoms with Crippen LogP contribution in [0.25, 0.3) is 0 Å². The van der Waals surface area contributed by atoms with Crippen molar-refractivity contribution < 1.29 is 4.39 Å². The minimum absolute atomic E-state index is 0.0407. The monoisotopic (exact) mass is 265 g/mol. The maximum absolute atomic E-state index is 14.1. The molecule has 1 heterocycles. The van der Waals surface area contributed by atoms with Crippen LogP contribution in [0.5, 0.6) is 0 Å². The summed E-state index contributed by atoms with van der Waals surface area (Å²) in [7, 11) is 4.26. The smallest absolute Gasteiger partial charge is 0.128 e. The topological polar surface area (TPSA) is 18.5 Å². The maximum atomic E-state index is 14.1. The van der Waals surface area contributed by atoms with Gasteiger partial charge in [0.05, 0.1) is 6.04 Å². The molecule has 1 aliphatic heterocycles. The average molecular weight is 265 g/mol. The minimum atomic E-state index is -0.116. The van der Waals surface area contributed by atoms with E-state index in [4.69, 9.17) is 0 Å². The largest absolute Gasteiger partial charge is 0.309 e. The third-order valence-corrected chi connectivity index (χ3v) is 3.95. The zero-order valence-electron chi connectivity index (χ0n) is 12.1. The molecule has 0 aromatic heterocycles. The van der Waals surface area contributed by atoms with Gasteiger partial charge in [0, 0.05) is 31.2 Å². The van der Waals surface area contributed by atoms with E-state index in [2.05, 4.69) is 36.1 Å². The summed E-state index contributed by atoms with van der Waals surface area (Å²) in [6.45, 7) is 5.97. The number of rotatable bonds is 4. The van der Waals surface area contributed by atoms with Crippen LogP contribution >= 0.6 is 0 Å². The first kappa shape index (κ1) is 14.4. The quantitative estimate of drug-likeness (QED) is 0.894. The number of halogens is 1. The summed E-state index contributed by atoms with van der Waals surface area (Å²) in [5.41, 5.74) is 0.775. The molecular formula is C15H24FN3. The standard InChI is InChI=1S/C15H24FN3/c1-4-17-15(12-7-5-6-8-13(12)16)14-11-18(2)9-10-19(14)3/h5-8,14-15,17H,4,9-11H2,1-3H3. The molecule has 2 unspecified atom stereocenters. The Morgan fingerprint density at radius 1 is 1.32 bits per heavy atom. The third-order valence-electron chi connectivity index (χ3n) is 3.95. The number of piperazine rings is 1. The summed E-state index contributed by atoms with van der Waals surface area (Å²) in [4.78, 5) is 4.65. The van der Waals surface area contributed by atoms with E-state index < -0.39 is 0 Å². The molecule has 2 atom stereocenters.